The van der Waals surface area contributed by atoms with Gasteiger partial charge in [0.2, 0.25) is 0 Å². The van der Waals surface area contributed by atoms with Gasteiger partial charge in [0.25, 0.3) is 0 Å². The summed E-state index contributed by atoms with van der Waals surface area (Å²) in [6.07, 6.45) is 1.11. The fourth-order valence-electron chi connectivity index (χ4n) is 1.94. The number of hydrogen-bond acceptors (Lipinski definition) is 3. The first-order valence-electron chi connectivity index (χ1n) is 5.96. The van der Waals surface area contributed by atoms with E-state index in [4.69, 9.17) is 17.3 Å². The van der Waals surface area contributed by atoms with Crippen molar-refractivity contribution in [2.24, 2.45) is 11.1 Å². The van der Waals surface area contributed by atoms with Gasteiger partial charge in [0.1, 0.15) is 0 Å². The molecule has 1 aromatic rings. The quantitative estimate of drug-likeness (QED) is 0.889. The smallest absolute Gasteiger partial charge is 0.0931 e. The van der Waals surface area contributed by atoms with Crippen LogP contribution < -0.4 is 5.73 Å². The number of thiophene rings is 1. The van der Waals surface area contributed by atoms with Crippen LogP contribution in [0.15, 0.2) is 12.1 Å². The van der Waals surface area contributed by atoms with E-state index in [1.54, 1.807) is 11.3 Å². The second kappa shape index (κ2) is 6.19. The molecule has 0 aliphatic heterocycles. The summed E-state index contributed by atoms with van der Waals surface area (Å²) >= 11 is 7.58. The van der Waals surface area contributed by atoms with E-state index in [0.717, 1.165) is 17.3 Å². The molecule has 0 aliphatic rings. The molecule has 2 N–H and O–H groups in total. The minimum atomic E-state index is 0.311. The highest BCUT2D eigenvalue weighted by Crippen LogP contribution is 2.26. The largest absolute Gasteiger partial charge is 0.329 e. The zero-order valence-corrected chi connectivity index (χ0v) is 12.7. The first-order valence-corrected chi connectivity index (χ1v) is 7.16. The summed E-state index contributed by atoms with van der Waals surface area (Å²) in [4.78, 5) is 3.62. The Morgan fingerprint density at radius 1 is 1.41 bits per heavy atom. The predicted octanol–water partition coefficient (Wildman–Crippen LogP) is 3.60. The third-order valence-electron chi connectivity index (χ3n) is 2.78. The lowest BCUT2D eigenvalue weighted by Gasteiger charge is -2.32. The summed E-state index contributed by atoms with van der Waals surface area (Å²) in [5.41, 5.74) is 6.19. The fraction of sp³-hybridized carbons (Fsp3) is 0.692. The molecule has 0 bridgehead atoms. The highest BCUT2D eigenvalue weighted by Gasteiger charge is 2.21. The van der Waals surface area contributed by atoms with Gasteiger partial charge in [0, 0.05) is 24.0 Å². The molecule has 0 saturated heterocycles. The van der Waals surface area contributed by atoms with Crippen molar-refractivity contribution in [2.75, 3.05) is 13.6 Å². The normalized spacial score (nSPS) is 14.3. The van der Waals surface area contributed by atoms with Crippen LogP contribution in [0.2, 0.25) is 4.34 Å². The molecule has 0 amide bonds. The Kier molecular flexibility index (Phi) is 5.45. The molecule has 17 heavy (non-hydrogen) atoms. The Balaban J connectivity index is 2.57. The van der Waals surface area contributed by atoms with Gasteiger partial charge in [-0.3, -0.25) is 4.90 Å². The summed E-state index contributed by atoms with van der Waals surface area (Å²) in [6, 6.07) is 4.47. The molecular formula is C13H23ClN2S. The Morgan fingerprint density at radius 3 is 2.47 bits per heavy atom. The van der Waals surface area contributed by atoms with Gasteiger partial charge in [-0.25, -0.2) is 0 Å². The van der Waals surface area contributed by atoms with Gasteiger partial charge in [-0.1, -0.05) is 32.4 Å². The van der Waals surface area contributed by atoms with E-state index in [0.29, 0.717) is 18.0 Å². The van der Waals surface area contributed by atoms with Gasteiger partial charge >= 0.3 is 0 Å². The van der Waals surface area contributed by atoms with Crippen LogP contribution in [0.3, 0.4) is 0 Å². The van der Waals surface area contributed by atoms with E-state index >= 15 is 0 Å². The fourth-order valence-corrected chi connectivity index (χ4v) is 3.09. The molecule has 0 saturated carbocycles. The molecular weight excluding hydrogens is 252 g/mol. The molecule has 0 radical (unpaired) electrons. The first kappa shape index (κ1) is 15.0. The lowest BCUT2D eigenvalue weighted by Crippen LogP contribution is -2.39. The Bertz CT molecular complexity index is 343. The van der Waals surface area contributed by atoms with Crippen LogP contribution in [-0.2, 0) is 6.54 Å². The molecule has 2 nitrogen and oxygen atoms in total. The SMILES string of the molecule is CN(Cc1ccc(Cl)s1)C(CN)CC(C)(C)C. The van der Waals surface area contributed by atoms with Gasteiger partial charge in [-0.2, -0.15) is 0 Å². The van der Waals surface area contributed by atoms with E-state index in [1.807, 2.05) is 6.07 Å². The molecule has 1 aromatic heterocycles. The maximum absolute atomic E-state index is 5.94. The van der Waals surface area contributed by atoms with Crippen molar-refractivity contribution in [1.82, 2.24) is 4.90 Å². The standard InChI is InChI=1S/C13H23ClN2S/c1-13(2,3)7-10(8-15)16(4)9-11-5-6-12(14)17-11/h5-6,10H,7-9,15H2,1-4H3. The van der Waals surface area contributed by atoms with Crippen molar-refractivity contribution in [3.05, 3.63) is 21.3 Å². The van der Waals surface area contributed by atoms with Crippen LogP contribution in [0, 0.1) is 5.41 Å². The van der Waals surface area contributed by atoms with Crippen molar-refractivity contribution in [3.63, 3.8) is 0 Å². The minimum Gasteiger partial charge on any atom is -0.329 e. The van der Waals surface area contributed by atoms with Crippen LogP contribution in [-0.4, -0.2) is 24.5 Å². The van der Waals surface area contributed by atoms with Crippen LogP contribution >= 0.6 is 22.9 Å². The highest BCUT2D eigenvalue weighted by molar-refractivity contribution is 7.16. The van der Waals surface area contributed by atoms with Crippen LogP contribution in [0.25, 0.3) is 0 Å². The summed E-state index contributed by atoms with van der Waals surface area (Å²) < 4.78 is 0.855. The van der Waals surface area contributed by atoms with Gasteiger partial charge in [-0.15, -0.1) is 11.3 Å². The average molecular weight is 275 g/mol. The molecule has 1 heterocycles. The van der Waals surface area contributed by atoms with E-state index in [2.05, 4.69) is 38.8 Å². The minimum absolute atomic E-state index is 0.311. The number of hydrogen-bond donors (Lipinski definition) is 1. The molecule has 1 atom stereocenters. The second-order valence-electron chi connectivity index (χ2n) is 5.78. The zero-order chi connectivity index (χ0) is 13.1. The summed E-state index contributed by atoms with van der Waals surface area (Å²) in [6.45, 7) is 8.39. The lowest BCUT2D eigenvalue weighted by atomic mass is 9.87. The van der Waals surface area contributed by atoms with Crippen LogP contribution in [0.4, 0.5) is 0 Å². The maximum Gasteiger partial charge on any atom is 0.0931 e. The van der Waals surface area contributed by atoms with E-state index < -0.39 is 0 Å². The summed E-state index contributed by atoms with van der Waals surface area (Å²) in [7, 11) is 2.14. The monoisotopic (exact) mass is 274 g/mol. The van der Waals surface area contributed by atoms with Crippen molar-refractivity contribution in [2.45, 2.75) is 39.8 Å². The highest BCUT2D eigenvalue weighted by atomic mass is 35.5. The maximum atomic E-state index is 5.94. The first-order chi connectivity index (χ1) is 7.81. The van der Waals surface area contributed by atoms with E-state index in [9.17, 15) is 0 Å². The molecule has 0 aliphatic carbocycles. The Morgan fingerprint density at radius 2 is 2.06 bits per heavy atom. The molecule has 98 valence electrons. The van der Waals surface area contributed by atoms with Crippen molar-refractivity contribution in [3.8, 4) is 0 Å². The number of nitrogens with zero attached hydrogens (tertiary/aromatic N) is 1. The molecule has 1 rings (SSSR count). The lowest BCUT2D eigenvalue weighted by molar-refractivity contribution is 0.178. The van der Waals surface area contributed by atoms with Crippen molar-refractivity contribution in [1.29, 1.82) is 0 Å². The molecule has 4 heteroatoms. The summed E-state index contributed by atoms with van der Waals surface area (Å²) in [5, 5.41) is 0. The summed E-state index contributed by atoms with van der Waals surface area (Å²) in [5.74, 6) is 0. The van der Waals surface area contributed by atoms with Gasteiger partial charge < -0.3 is 5.73 Å². The third-order valence-corrected chi connectivity index (χ3v) is 3.99. The van der Waals surface area contributed by atoms with Gasteiger partial charge in [0.05, 0.1) is 4.34 Å². The van der Waals surface area contributed by atoms with E-state index in [1.165, 1.54) is 4.88 Å². The molecule has 0 fully saturated rings. The van der Waals surface area contributed by atoms with Gasteiger partial charge in [-0.05, 0) is 31.0 Å². The molecule has 0 aromatic carbocycles. The van der Waals surface area contributed by atoms with E-state index in [-0.39, 0.29) is 0 Å². The topological polar surface area (TPSA) is 29.3 Å². The molecule has 1 unspecified atom stereocenters. The average Bonchev–Trinajstić information content (AvgIpc) is 2.59. The number of likely N-dealkylation sites (N-methyl/N-ethyl adjacent to an activating group) is 1. The Hall–Kier alpha value is -0.0900. The Labute approximate surface area is 114 Å². The van der Waals surface area contributed by atoms with Crippen molar-refractivity contribution < 1.29 is 0 Å². The van der Waals surface area contributed by atoms with Crippen molar-refractivity contribution >= 4 is 22.9 Å². The van der Waals surface area contributed by atoms with Gasteiger partial charge in [0.15, 0.2) is 0 Å². The van der Waals surface area contributed by atoms with Crippen LogP contribution in [0.5, 0.6) is 0 Å². The second-order valence-corrected chi connectivity index (χ2v) is 7.57. The number of rotatable bonds is 5. The predicted molar refractivity (Wildman–Crippen MR) is 77.7 cm³/mol. The third kappa shape index (κ3) is 5.38. The van der Waals surface area contributed by atoms with Crippen LogP contribution in [0.1, 0.15) is 32.1 Å². The number of halogens is 1. The number of nitrogens with two attached hydrogens (primary N) is 1. The zero-order valence-electron chi connectivity index (χ0n) is 11.2. The molecule has 0 spiro atoms.